The maximum Gasteiger partial charge on any atom is 0.326 e. The van der Waals surface area contributed by atoms with Crippen LogP contribution < -0.4 is 5.32 Å². The van der Waals surface area contributed by atoms with Gasteiger partial charge in [0.1, 0.15) is 11.0 Å². The van der Waals surface area contributed by atoms with Crippen molar-refractivity contribution in [3.8, 4) is 0 Å². The predicted octanol–water partition coefficient (Wildman–Crippen LogP) is 5.97. The fourth-order valence-electron chi connectivity index (χ4n) is 4.76. The number of nitrogens with zero attached hydrogens (tertiary/aromatic N) is 3. The minimum absolute atomic E-state index is 0.139. The van der Waals surface area contributed by atoms with Crippen molar-refractivity contribution in [2.24, 2.45) is 0 Å². The molecule has 2 aromatic heterocycles. The van der Waals surface area contributed by atoms with E-state index in [1.165, 1.54) is 17.7 Å². The number of rotatable bonds is 5. The Morgan fingerprint density at radius 3 is 2.83 bits per heavy atom. The highest BCUT2D eigenvalue weighted by Gasteiger charge is 2.27. The van der Waals surface area contributed by atoms with Gasteiger partial charge in [0, 0.05) is 49.9 Å². The molecule has 0 spiro atoms. The second kappa shape index (κ2) is 10.0. The molecule has 0 unspecified atom stereocenters. The number of amides is 1. The number of nitrogens with one attached hydrogen (secondary N) is 1. The predicted molar refractivity (Wildman–Crippen MR) is 138 cm³/mol. The summed E-state index contributed by atoms with van der Waals surface area (Å²) in [5, 5.41) is 4.60. The van der Waals surface area contributed by atoms with Gasteiger partial charge in [-0.1, -0.05) is 48.0 Å². The van der Waals surface area contributed by atoms with Crippen LogP contribution in [0.1, 0.15) is 27.9 Å². The van der Waals surface area contributed by atoms with Crippen LogP contribution in [-0.2, 0) is 19.5 Å². The van der Waals surface area contributed by atoms with Gasteiger partial charge >= 0.3 is 6.03 Å². The Hall–Kier alpha value is -3.48. The lowest BCUT2D eigenvalue weighted by atomic mass is 10.0. The molecule has 3 heterocycles. The molecule has 0 aliphatic carbocycles. The van der Waals surface area contributed by atoms with E-state index in [2.05, 4.69) is 34.3 Å². The van der Waals surface area contributed by atoms with E-state index in [9.17, 15) is 9.18 Å². The normalized spacial score (nSPS) is 13.9. The topological polar surface area (TPSA) is 50.2 Å². The summed E-state index contributed by atoms with van der Waals surface area (Å²) in [6, 6.07) is 16.1. The second-order valence-corrected chi connectivity index (χ2v) is 9.20. The summed E-state index contributed by atoms with van der Waals surface area (Å²) in [6.07, 6.45) is 6.54. The molecular formula is C28H26ClFN4O. The lowest BCUT2D eigenvalue weighted by Crippen LogP contribution is -2.34. The van der Waals surface area contributed by atoms with Crippen molar-refractivity contribution in [3.05, 3.63) is 106 Å². The zero-order chi connectivity index (χ0) is 24.4. The van der Waals surface area contributed by atoms with Crippen molar-refractivity contribution in [2.75, 3.05) is 13.1 Å². The largest absolute Gasteiger partial charge is 0.333 e. The first-order chi connectivity index (χ1) is 17.0. The van der Waals surface area contributed by atoms with Crippen molar-refractivity contribution >= 4 is 34.6 Å². The summed E-state index contributed by atoms with van der Waals surface area (Å²) in [5.74, 6) is -0.230. The number of fused-ring (bicyclic) bond motifs is 3. The zero-order valence-electron chi connectivity index (χ0n) is 19.5. The molecule has 1 aliphatic rings. The first-order valence-electron chi connectivity index (χ1n) is 11.6. The standard InChI is InChI=1S/C28H26ClFN4O/c1-19-4-2-6-25-27(19)23-18-33(14-3-5-20-7-9-22(30)10-8-20)15-12-24(23)34(25)28(35)32-17-21-11-13-31-26(29)16-21/h2-11,13,16H,12,14-15,17-18H2,1H3,(H,32,35). The molecule has 5 nitrogen and oxygen atoms in total. The molecule has 1 amide bonds. The maximum atomic E-state index is 13.3. The van der Waals surface area contributed by atoms with Gasteiger partial charge in [-0.05, 0) is 59.5 Å². The molecule has 4 aromatic rings. The van der Waals surface area contributed by atoms with Gasteiger partial charge in [0.15, 0.2) is 0 Å². The summed E-state index contributed by atoms with van der Waals surface area (Å²) >= 11 is 5.99. The molecule has 0 saturated carbocycles. The summed E-state index contributed by atoms with van der Waals surface area (Å²) in [5.41, 5.74) is 6.25. The molecule has 178 valence electrons. The number of halogens is 2. The molecule has 0 saturated heterocycles. The average molecular weight is 489 g/mol. The van der Waals surface area contributed by atoms with Gasteiger partial charge in [0.25, 0.3) is 0 Å². The lowest BCUT2D eigenvalue weighted by molar-refractivity contribution is 0.240. The van der Waals surface area contributed by atoms with E-state index in [1.807, 2.05) is 28.8 Å². The smallest absolute Gasteiger partial charge is 0.326 e. The van der Waals surface area contributed by atoms with E-state index in [0.29, 0.717) is 11.7 Å². The highest BCUT2D eigenvalue weighted by molar-refractivity contribution is 6.29. The second-order valence-electron chi connectivity index (χ2n) is 8.81. The maximum absolute atomic E-state index is 13.3. The molecule has 0 atom stereocenters. The van der Waals surface area contributed by atoms with Crippen LogP contribution in [0.3, 0.4) is 0 Å². The number of hydrogen-bond acceptors (Lipinski definition) is 3. The van der Waals surface area contributed by atoms with Crippen LogP contribution in [0.25, 0.3) is 17.0 Å². The van der Waals surface area contributed by atoms with E-state index < -0.39 is 0 Å². The van der Waals surface area contributed by atoms with E-state index in [0.717, 1.165) is 59.3 Å². The molecule has 1 aliphatic heterocycles. The molecular weight excluding hydrogens is 463 g/mol. The van der Waals surface area contributed by atoms with E-state index in [1.54, 1.807) is 24.4 Å². The fourth-order valence-corrected chi connectivity index (χ4v) is 4.96. The van der Waals surface area contributed by atoms with Gasteiger partial charge < -0.3 is 5.32 Å². The van der Waals surface area contributed by atoms with E-state index in [-0.39, 0.29) is 11.8 Å². The summed E-state index contributed by atoms with van der Waals surface area (Å²) in [4.78, 5) is 19.7. The van der Waals surface area contributed by atoms with Gasteiger partial charge in [-0.15, -0.1) is 0 Å². The number of carbonyl (C=O) groups is 1. The van der Waals surface area contributed by atoms with Crippen molar-refractivity contribution < 1.29 is 9.18 Å². The molecule has 2 aromatic carbocycles. The molecule has 0 bridgehead atoms. The highest BCUT2D eigenvalue weighted by Crippen LogP contribution is 2.33. The number of pyridine rings is 1. The van der Waals surface area contributed by atoms with Gasteiger partial charge in [-0.2, -0.15) is 0 Å². The van der Waals surface area contributed by atoms with Crippen molar-refractivity contribution in [3.63, 3.8) is 0 Å². The fraction of sp³-hybridized carbons (Fsp3) is 0.214. The van der Waals surface area contributed by atoms with Crippen LogP contribution in [0.4, 0.5) is 9.18 Å². The Balaban J connectivity index is 1.37. The van der Waals surface area contributed by atoms with Gasteiger partial charge in [0.2, 0.25) is 0 Å². The van der Waals surface area contributed by atoms with Gasteiger partial charge in [-0.3, -0.25) is 9.47 Å². The molecule has 5 rings (SSSR count). The first-order valence-corrected chi connectivity index (χ1v) is 12.0. The molecule has 0 fully saturated rings. The molecule has 1 N–H and O–H groups in total. The monoisotopic (exact) mass is 488 g/mol. The van der Waals surface area contributed by atoms with Crippen molar-refractivity contribution in [1.29, 1.82) is 0 Å². The highest BCUT2D eigenvalue weighted by atomic mass is 35.5. The Bertz CT molecular complexity index is 1410. The molecule has 7 heteroatoms. The lowest BCUT2D eigenvalue weighted by Gasteiger charge is -2.27. The van der Waals surface area contributed by atoms with Crippen LogP contribution >= 0.6 is 11.6 Å². The summed E-state index contributed by atoms with van der Waals surface area (Å²) in [6.45, 7) is 4.87. The Labute approximate surface area is 208 Å². The minimum Gasteiger partial charge on any atom is -0.333 e. The van der Waals surface area contributed by atoms with E-state index in [4.69, 9.17) is 11.6 Å². The van der Waals surface area contributed by atoms with Crippen molar-refractivity contribution in [1.82, 2.24) is 19.8 Å². The Kier molecular flexibility index (Phi) is 6.66. The SMILES string of the molecule is Cc1cccc2c1c1c(n2C(=O)NCc2ccnc(Cl)c2)CCN(CC=Cc2ccc(F)cc2)C1. The van der Waals surface area contributed by atoms with Gasteiger partial charge in [-0.25, -0.2) is 14.2 Å². The Morgan fingerprint density at radius 1 is 1.20 bits per heavy atom. The Morgan fingerprint density at radius 2 is 2.03 bits per heavy atom. The molecule has 35 heavy (non-hydrogen) atoms. The van der Waals surface area contributed by atoms with Crippen molar-refractivity contribution in [2.45, 2.75) is 26.4 Å². The number of aryl methyl sites for hydroxylation is 1. The number of aromatic nitrogens is 2. The van der Waals surface area contributed by atoms with Crippen LogP contribution in [-0.4, -0.2) is 33.6 Å². The van der Waals surface area contributed by atoms with Crippen LogP contribution in [0, 0.1) is 12.7 Å². The summed E-state index contributed by atoms with van der Waals surface area (Å²) < 4.78 is 15.0. The van der Waals surface area contributed by atoms with E-state index >= 15 is 0 Å². The third kappa shape index (κ3) is 4.99. The van der Waals surface area contributed by atoms with Crippen LogP contribution in [0.15, 0.2) is 66.9 Å². The van der Waals surface area contributed by atoms with Gasteiger partial charge in [0.05, 0.1) is 5.52 Å². The van der Waals surface area contributed by atoms with Crippen LogP contribution in [0.5, 0.6) is 0 Å². The molecule has 0 radical (unpaired) electrons. The first kappa shape index (κ1) is 23.3. The third-order valence-electron chi connectivity index (χ3n) is 6.44. The third-order valence-corrected chi connectivity index (χ3v) is 6.65. The number of carbonyl (C=O) groups excluding carboxylic acids is 1. The quantitative estimate of drug-likeness (QED) is 0.352. The summed E-state index contributed by atoms with van der Waals surface area (Å²) in [7, 11) is 0. The number of benzene rings is 2. The zero-order valence-corrected chi connectivity index (χ0v) is 20.2. The minimum atomic E-state index is -0.230. The van der Waals surface area contributed by atoms with Crippen LogP contribution in [0.2, 0.25) is 5.15 Å². The average Bonchev–Trinajstić information content (AvgIpc) is 3.19. The number of hydrogen-bond donors (Lipinski definition) is 1.